The van der Waals surface area contributed by atoms with E-state index in [9.17, 15) is 4.79 Å². The van der Waals surface area contributed by atoms with Crippen LogP contribution in [0.1, 0.15) is 49.1 Å². The highest BCUT2D eigenvalue weighted by molar-refractivity contribution is 7.10. The first-order valence-electron chi connectivity index (χ1n) is 7.11. The molecule has 2 aromatic heterocycles. The number of carbonyl (C=O) groups is 1. The van der Waals surface area contributed by atoms with Crippen LogP contribution in [0.25, 0.3) is 0 Å². The number of hydrogen-bond acceptors (Lipinski definition) is 3. The smallest absolute Gasteiger partial charge is 0.268 e. The third kappa shape index (κ3) is 3.47. The summed E-state index contributed by atoms with van der Waals surface area (Å²) in [6.45, 7) is 8.93. The molecule has 5 heteroatoms. The Morgan fingerprint density at radius 1 is 1.48 bits per heavy atom. The van der Waals surface area contributed by atoms with Crippen LogP contribution in [0.3, 0.4) is 0 Å². The number of nitrogen functional groups attached to an aromatic ring is 1. The summed E-state index contributed by atoms with van der Waals surface area (Å²) in [4.78, 5) is 13.7. The average molecular weight is 305 g/mol. The first-order valence-corrected chi connectivity index (χ1v) is 7.99. The number of anilines is 1. The predicted octanol–water partition coefficient (Wildman–Crippen LogP) is 3.42. The summed E-state index contributed by atoms with van der Waals surface area (Å²) in [5.74, 6) is -0.0787. The molecule has 0 aromatic carbocycles. The number of hydrogen-bond donors (Lipinski definition) is 2. The number of nitrogens with one attached hydrogen (secondary N) is 1. The topological polar surface area (TPSA) is 60.0 Å². The summed E-state index contributed by atoms with van der Waals surface area (Å²) < 4.78 is 1.91. The van der Waals surface area contributed by atoms with Crippen molar-refractivity contribution in [3.63, 3.8) is 0 Å². The lowest BCUT2D eigenvalue weighted by Crippen LogP contribution is -2.37. The zero-order chi connectivity index (χ0) is 15.6. The molecule has 0 spiro atoms. The fourth-order valence-electron chi connectivity index (χ4n) is 2.25. The molecular weight excluding hydrogens is 282 g/mol. The lowest BCUT2D eigenvalue weighted by molar-refractivity contribution is 0.0935. The Balaban J connectivity index is 2.09. The van der Waals surface area contributed by atoms with Crippen LogP contribution in [-0.4, -0.2) is 17.0 Å². The van der Waals surface area contributed by atoms with Gasteiger partial charge >= 0.3 is 0 Å². The molecule has 0 fully saturated rings. The number of amides is 1. The van der Waals surface area contributed by atoms with Crippen LogP contribution >= 0.6 is 11.3 Å². The molecule has 1 amide bonds. The van der Waals surface area contributed by atoms with Crippen molar-refractivity contribution in [3.05, 3.63) is 40.3 Å². The second-order valence-corrected chi connectivity index (χ2v) is 7.15. The SMILES string of the molecule is CC(C)n1cc(N)cc1C(=O)NCC(C)(C)c1cccs1. The third-order valence-electron chi connectivity index (χ3n) is 3.54. The Labute approximate surface area is 130 Å². The van der Waals surface area contributed by atoms with E-state index in [0.717, 1.165) is 0 Å². The zero-order valence-corrected chi connectivity index (χ0v) is 13.8. The number of rotatable bonds is 5. The van der Waals surface area contributed by atoms with E-state index < -0.39 is 0 Å². The zero-order valence-electron chi connectivity index (χ0n) is 13.0. The van der Waals surface area contributed by atoms with Crippen molar-refractivity contribution < 1.29 is 4.79 Å². The average Bonchev–Trinajstić information content (AvgIpc) is 3.05. The molecule has 0 aliphatic rings. The number of nitrogens with two attached hydrogens (primary N) is 1. The minimum Gasteiger partial charge on any atom is -0.397 e. The van der Waals surface area contributed by atoms with Crippen molar-refractivity contribution in [2.75, 3.05) is 12.3 Å². The van der Waals surface area contributed by atoms with Gasteiger partial charge in [0.25, 0.3) is 5.91 Å². The van der Waals surface area contributed by atoms with Crippen LogP contribution in [0, 0.1) is 0 Å². The van der Waals surface area contributed by atoms with E-state index in [1.54, 1.807) is 17.4 Å². The molecular formula is C16H23N3OS. The van der Waals surface area contributed by atoms with Gasteiger partial charge < -0.3 is 15.6 Å². The van der Waals surface area contributed by atoms with Gasteiger partial charge in [-0.1, -0.05) is 19.9 Å². The van der Waals surface area contributed by atoms with E-state index in [1.807, 2.05) is 30.7 Å². The molecule has 21 heavy (non-hydrogen) atoms. The molecule has 0 atom stereocenters. The van der Waals surface area contributed by atoms with Gasteiger partial charge in [-0.3, -0.25) is 4.79 Å². The van der Waals surface area contributed by atoms with Crippen LogP contribution < -0.4 is 11.1 Å². The molecule has 0 bridgehead atoms. The molecule has 0 aliphatic heterocycles. The fourth-order valence-corrected chi connectivity index (χ4v) is 3.10. The van der Waals surface area contributed by atoms with Crippen LogP contribution in [0.2, 0.25) is 0 Å². The van der Waals surface area contributed by atoms with E-state index in [-0.39, 0.29) is 17.4 Å². The van der Waals surface area contributed by atoms with Crippen molar-refractivity contribution in [1.29, 1.82) is 0 Å². The van der Waals surface area contributed by atoms with E-state index in [4.69, 9.17) is 5.73 Å². The predicted molar refractivity (Wildman–Crippen MR) is 88.9 cm³/mol. The van der Waals surface area contributed by atoms with Crippen LogP contribution in [0.4, 0.5) is 5.69 Å². The molecule has 4 nitrogen and oxygen atoms in total. The van der Waals surface area contributed by atoms with Crippen molar-refractivity contribution in [1.82, 2.24) is 9.88 Å². The number of aromatic nitrogens is 1. The monoisotopic (exact) mass is 305 g/mol. The second-order valence-electron chi connectivity index (χ2n) is 6.20. The summed E-state index contributed by atoms with van der Waals surface area (Å²) >= 11 is 1.71. The molecule has 0 aliphatic carbocycles. The Kier molecular flexibility index (Phi) is 4.42. The van der Waals surface area contributed by atoms with Crippen LogP contribution in [-0.2, 0) is 5.41 Å². The summed E-state index contributed by atoms with van der Waals surface area (Å²) in [5, 5.41) is 5.09. The summed E-state index contributed by atoms with van der Waals surface area (Å²) in [6.07, 6.45) is 1.81. The molecule has 2 rings (SSSR count). The van der Waals surface area contributed by atoms with Gasteiger partial charge in [0.05, 0.1) is 5.69 Å². The number of carbonyl (C=O) groups excluding carboxylic acids is 1. The lowest BCUT2D eigenvalue weighted by atomic mass is 9.91. The van der Waals surface area contributed by atoms with Gasteiger partial charge in [0.2, 0.25) is 0 Å². The Hall–Kier alpha value is -1.75. The molecule has 0 unspecified atom stereocenters. The summed E-state index contributed by atoms with van der Waals surface area (Å²) in [7, 11) is 0. The molecule has 0 saturated heterocycles. The molecule has 3 N–H and O–H groups in total. The Morgan fingerprint density at radius 3 is 2.76 bits per heavy atom. The number of nitrogens with zero attached hydrogens (tertiary/aromatic N) is 1. The quantitative estimate of drug-likeness (QED) is 0.889. The molecule has 0 saturated carbocycles. The normalized spacial score (nSPS) is 11.9. The summed E-state index contributed by atoms with van der Waals surface area (Å²) in [5.41, 5.74) is 6.97. The third-order valence-corrected chi connectivity index (χ3v) is 4.77. The van der Waals surface area contributed by atoms with Gasteiger partial charge in [0.1, 0.15) is 5.69 Å². The maximum Gasteiger partial charge on any atom is 0.268 e. The lowest BCUT2D eigenvalue weighted by Gasteiger charge is -2.24. The van der Waals surface area contributed by atoms with Gasteiger partial charge in [-0.25, -0.2) is 0 Å². The fraction of sp³-hybridized carbons (Fsp3) is 0.438. The van der Waals surface area contributed by atoms with Gasteiger partial charge in [-0.05, 0) is 31.4 Å². The standard InChI is InChI=1S/C16H23N3OS/c1-11(2)19-9-12(17)8-13(19)15(20)18-10-16(3,4)14-6-5-7-21-14/h5-9,11H,10,17H2,1-4H3,(H,18,20). The van der Waals surface area contributed by atoms with E-state index in [0.29, 0.717) is 17.9 Å². The summed E-state index contributed by atoms with van der Waals surface area (Å²) in [6, 6.07) is 6.07. The minimum absolute atomic E-state index is 0.0787. The molecule has 114 valence electrons. The Bertz CT molecular complexity index is 612. The van der Waals surface area contributed by atoms with E-state index >= 15 is 0 Å². The second kappa shape index (κ2) is 5.93. The van der Waals surface area contributed by atoms with Crippen molar-refractivity contribution in [2.24, 2.45) is 0 Å². The van der Waals surface area contributed by atoms with Crippen molar-refractivity contribution >= 4 is 22.9 Å². The van der Waals surface area contributed by atoms with Gasteiger partial charge in [-0.15, -0.1) is 11.3 Å². The molecule has 2 aromatic rings. The van der Waals surface area contributed by atoms with Gasteiger partial charge in [-0.2, -0.15) is 0 Å². The van der Waals surface area contributed by atoms with Gasteiger partial charge in [0, 0.05) is 29.1 Å². The van der Waals surface area contributed by atoms with E-state index in [1.165, 1.54) is 4.88 Å². The maximum atomic E-state index is 12.4. The van der Waals surface area contributed by atoms with Crippen LogP contribution in [0.5, 0.6) is 0 Å². The largest absolute Gasteiger partial charge is 0.397 e. The number of thiophene rings is 1. The van der Waals surface area contributed by atoms with Crippen molar-refractivity contribution in [3.8, 4) is 0 Å². The van der Waals surface area contributed by atoms with Crippen molar-refractivity contribution in [2.45, 2.75) is 39.2 Å². The maximum absolute atomic E-state index is 12.4. The highest BCUT2D eigenvalue weighted by Crippen LogP contribution is 2.26. The molecule has 0 radical (unpaired) electrons. The minimum atomic E-state index is -0.0787. The Morgan fingerprint density at radius 2 is 2.19 bits per heavy atom. The molecule has 2 heterocycles. The van der Waals surface area contributed by atoms with Gasteiger partial charge in [0.15, 0.2) is 0 Å². The highest BCUT2D eigenvalue weighted by atomic mass is 32.1. The van der Waals surface area contributed by atoms with Crippen LogP contribution in [0.15, 0.2) is 29.8 Å². The first kappa shape index (κ1) is 15.6. The van der Waals surface area contributed by atoms with E-state index in [2.05, 4.69) is 30.6 Å². The highest BCUT2D eigenvalue weighted by Gasteiger charge is 2.23. The first-order chi connectivity index (χ1) is 9.81.